The molecule has 3 rings (SSSR count). The second kappa shape index (κ2) is 6.71. The summed E-state index contributed by atoms with van der Waals surface area (Å²) in [7, 11) is 0. The highest BCUT2D eigenvalue weighted by molar-refractivity contribution is 6.12. The molecule has 0 fully saturated rings. The van der Waals surface area contributed by atoms with Gasteiger partial charge in [0.1, 0.15) is 11.1 Å². The van der Waals surface area contributed by atoms with Gasteiger partial charge in [0.05, 0.1) is 6.61 Å². The SMILES string of the molecule is CCOC(=O)c1cccc2c(CC)c(C(=O)c3ccccc3)oc12. The summed E-state index contributed by atoms with van der Waals surface area (Å²) in [6, 6.07) is 14.3. The van der Waals surface area contributed by atoms with Gasteiger partial charge in [-0.1, -0.05) is 49.4 Å². The quantitative estimate of drug-likeness (QED) is 0.516. The first-order valence-electron chi connectivity index (χ1n) is 7.98. The number of ketones is 1. The van der Waals surface area contributed by atoms with E-state index in [2.05, 4.69) is 0 Å². The monoisotopic (exact) mass is 322 g/mol. The topological polar surface area (TPSA) is 56.5 Å². The number of benzene rings is 2. The van der Waals surface area contributed by atoms with Crippen LogP contribution >= 0.6 is 0 Å². The number of fused-ring (bicyclic) bond motifs is 1. The van der Waals surface area contributed by atoms with Gasteiger partial charge in [0.15, 0.2) is 5.76 Å². The lowest BCUT2D eigenvalue weighted by Gasteiger charge is -2.01. The van der Waals surface area contributed by atoms with Crippen molar-refractivity contribution in [2.45, 2.75) is 20.3 Å². The first-order chi connectivity index (χ1) is 11.7. The molecule has 0 N–H and O–H groups in total. The highest BCUT2D eigenvalue weighted by Gasteiger charge is 2.24. The van der Waals surface area contributed by atoms with Crippen LogP contribution in [-0.4, -0.2) is 18.4 Å². The Morgan fingerprint density at radius 1 is 1.00 bits per heavy atom. The summed E-state index contributed by atoms with van der Waals surface area (Å²) in [5.74, 6) is -0.341. The van der Waals surface area contributed by atoms with Crippen molar-refractivity contribution in [1.82, 2.24) is 0 Å². The summed E-state index contributed by atoms with van der Waals surface area (Å²) in [4.78, 5) is 24.9. The highest BCUT2D eigenvalue weighted by atomic mass is 16.5. The minimum atomic E-state index is -0.446. The largest absolute Gasteiger partial charge is 0.462 e. The molecule has 0 saturated carbocycles. The zero-order chi connectivity index (χ0) is 17.1. The van der Waals surface area contributed by atoms with Crippen LogP contribution in [0.3, 0.4) is 0 Å². The van der Waals surface area contributed by atoms with Crippen LogP contribution in [0.25, 0.3) is 11.0 Å². The third kappa shape index (κ3) is 2.71. The Kier molecular flexibility index (Phi) is 4.47. The number of rotatable bonds is 5. The molecule has 122 valence electrons. The fourth-order valence-corrected chi connectivity index (χ4v) is 2.80. The molecule has 3 aromatic rings. The molecule has 0 aliphatic rings. The maximum absolute atomic E-state index is 12.8. The Morgan fingerprint density at radius 3 is 2.42 bits per heavy atom. The Labute approximate surface area is 140 Å². The van der Waals surface area contributed by atoms with Crippen LogP contribution in [0.2, 0.25) is 0 Å². The smallest absolute Gasteiger partial charge is 0.341 e. The molecule has 0 amide bonds. The molecule has 0 aliphatic heterocycles. The van der Waals surface area contributed by atoms with Crippen molar-refractivity contribution in [1.29, 1.82) is 0 Å². The summed E-state index contributed by atoms with van der Waals surface area (Å²) < 4.78 is 10.9. The zero-order valence-corrected chi connectivity index (χ0v) is 13.7. The Morgan fingerprint density at radius 2 is 1.75 bits per heavy atom. The summed E-state index contributed by atoms with van der Waals surface area (Å²) >= 11 is 0. The van der Waals surface area contributed by atoms with Crippen molar-refractivity contribution >= 4 is 22.7 Å². The Balaban J connectivity index is 2.17. The van der Waals surface area contributed by atoms with Crippen LogP contribution in [0.1, 0.15) is 45.9 Å². The summed E-state index contributed by atoms with van der Waals surface area (Å²) in [6.45, 7) is 4.00. The normalized spacial score (nSPS) is 10.8. The number of hydrogen-bond donors (Lipinski definition) is 0. The minimum Gasteiger partial charge on any atom is -0.462 e. The third-order valence-electron chi connectivity index (χ3n) is 3.91. The summed E-state index contributed by atoms with van der Waals surface area (Å²) in [6.07, 6.45) is 0.632. The Bertz CT molecular complexity index is 891. The molecule has 1 heterocycles. The molecule has 0 radical (unpaired) electrons. The molecule has 0 unspecified atom stereocenters. The average molecular weight is 322 g/mol. The van der Waals surface area contributed by atoms with Crippen LogP contribution < -0.4 is 0 Å². The lowest BCUT2D eigenvalue weighted by atomic mass is 10.0. The predicted octanol–water partition coefficient (Wildman–Crippen LogP) is 4.40. The standard InChI is InChI=1S/C20H18O4/c1-3-14-15-11-8-12-16(20(22)23-4-2)18(15)24-19(14)17(21)13-9-6-5-7-10-13/h5-12H,3-4H2,1-2H3. The number of furan rings is 1. The molecule has 4 nitrogen and oxygen atoms in total. The van der Waals surface area contributed by atoms with E-state index in [9.17, 15) is 9.59 Å². The fourth-order valence-electron chi connectivity index (χ4n) is 2.80. The number of hydrogen-bond acceptors (Lipinski definition) is 4. The van der Waals surface area contributed by atoms with E-state index in [1.165, 1.54) is 0 Å². The van der Waals surface area contributed by atoms with Gasteiger partial charge in [-0.25, -0.2) is 4.79 Å². The number of carbonyl (C=O) groups is 2. The van der Waals surface area contributed by atoms with E-state index < -0.39 is 5.97 Å². The first kappa shape index (κ1) is 16.0. The fraction of sp³-hybridized carbons (Fsp3) is 0.200. The van der Waals surface area contributed by atoms with Gasteiger partial charge in [-0.05, 0) is 19.4 Å². The van der Waals surface area contributed by atoms with Gasteiger partial charge >= 0.3 is 5.97 Å². The second-order valence-electron chi connectivity index (χ2n) is 5.36. The number of esters is 1. The molecule has 2 aromatic carbocycles. The second-order valence-corrected chi connectivity index (χ2v) is 5.36. The van der Waals surface area contributed by atoms with Crippen molar-refractivity contribution in [3.8, 4) is 0 Å². The number of para-hydroxylation sites is 1. The molecule has 0 saturated heterocycles. The molecular formula is C20H18O4. The van der Waals surface area contributed by atoms with Gasteiger partial charge < -0.3 is 9.15 Å². The van der Waals surface area contributed by atoms with Crippen molar-refractivity contribution < 1.29 is 18.7 Å². The van der Waals surface area contributed by atoms with E-state index in [1.807, 2.05) is 31.2 Å². The van der Waals surface area contributed by atoms with Crippen LogP contribution in [0.5, 0.6) is 0 Å². The minimum absolute atomic E-state index is 0.182. The van der Waals surface area contributed by atoms with Crippen LogP contribution in [0.4, 0.5) is 0 Å². The van der Waals surface area contributed by atoms with Crippen molar-refractivity contribution in [3.05, 3.63) is 71.0 Å². The molecule has 1 aromatic heterocycles. The first-order valence-corrected chi connectivity index (χ1v) is 7.98. The number of carbonyl (C=O) groups excluding carboxylic acids is 2. The van der Waals surface area contributed by atoms with Crippen LogP contribution in [0, 0.1) is 0 Å². The molecule has 0 aliphatic carbocycles. The summed E-state index contributed by atoms with van der Waals surface area (Å²) in [5, 5.41) is 0.780. The van der Waals surface area contributed by atoms with E-state index in [1.54, 1.807) is 31.2 Å². The van der Waals surface area contributed by atoms with Crippen LogP contribution in [-0.2, 0) is 11.2 Å². The third-order valence-corrected chi connectivity index (χ3v) is 3.91. The van der Waals surface area contributed by atoms with Gasteiger partial charge in [-0.15, -0.1) is 0 Å². The highest BCUT2D eigenvalue weighted by Crippen LogP contribution is 2.31. The Hall–Kier alpha value is -2.88. The predicted molar refractivity (Wildman–Crippen MR) is 91.4 cm³/mol. The summed E-state index contributed by atoms with van der Waals surface area (Å²) in [5.41, 5.74) is 2.12. The molecule has 4 heteroatoms. The van der Waals surface area contributed by atoms with Crippen molar-refractivity contribution in [2.75, 3.05) is 6.61 Å². The van der Waals surface area contributed by atoms with E-state index in [0.717, 1.165) is 10.9 Å². The number of aryl methyl sites for hydroxylation is 1. The molecule has 0 spiro atoms. The molecular weight excluding hydrogens is 304 g/mol. The van der Waals surface area contributed by atoms with E-state index in [0.29, 0.717) is 23.1 Å². The van der Waals surface area contributed by atoms with Gasteiger partial charge in [0.25, 0.3) is 0 Å². The van der Waals surface area contributed by atoms with Crippen LogP contribution in [0.15, 0.2) is 52.9 Å². The van der Waals surface area contributed by atoms with E-state index in [-0.39, 0.29) is 18.2 Å². The van der Waals surface area contributed by atoms with Gasteiger partial charge in [0, 0.05) is 16.5 Å². The van der Waals surface area contributed by atoms with Gasteiger partial charge in [0.2, 0.25) is 5.78 Å². The lowest BCUT2D eigenvalue weighted by molar-refractivity contribution is 0.0527. The maximum Gasteiger partial charge on any atom is 0.341 e. The zero-order valence-electron chi connectivity index (χ0n) is 13.7. The van der Waals surface area contributed by atoms with Crippen molar-refractivity contribution in [2.24, 2.45) is 0 Å². The van der Waals surface area contributed by atoms with E-state index in [4.69, 9.17) is 9.15 Å². The average Bonchev–Trinajstić information content (AvgIpc) is 3.00. The lowest BCUT2D eigenvalue weighted by Crippen LogP contribution is -2.04. The molecule has 0 atom stereocenters. The maximum atomic E-state index is 12.8. The molecule has 24 heavy (non-hydrogen) atoms. The molecule has 0 bridgehead atoms. The van der Waals surface area contributed by atoms with Gasteiger partial charge in [-0.2, -0.15) is 0 Å². The number of ether oxygens (including phenoxy) is 1. The van der Waals surface area contributed by atoms with E-state index >= 15 is 0 Å². The van der Waals surface area contributed by atoms with Crippen molar-refractivity contribution in [3.63, 3.8) is 0 Å². The van der Waals surface area contributed by atoms with Gasteiger partial charge in [-0.3, -0.25) is 4.79 Å².